The minimum absolute atomic E-state index is 0.297. The van der Waals surface area contributed by atoms with E-state index in [0.29, 0.717) is 17.0 Å². The summed E-state index contributed by atoms with van der Waals surface area (Å²) in [5.41, 5.74) is 2.96. The topological polar surface area (TPSA) is 64.6 Å². The molecule has 0 unspecified atom stereocenters. The van der Waals surface area contributed by atoms with Crippen LogP contribution in [0.1, 0.15) is 16.7 Å². The van der Waals surface area contributed by atoms with Gasteiger partial charge in [0.1, 0.15) is 11.6 Å². The highest BCUT2D eigenvalue weighted by molar-refractivity contribution is 5.92. The molecule has 0 fully saturated rings. The number of aryl methyl sites for hydroxylation is 3. The van der Waals surface area contributed by atoms with Crippen molar-refractivity contribution in [1.29, 1.82) is 0 Å². The quantitative estimate of drug-likeness (QED) is 0.816. The monoisotopic (exact) mass is 345 g/mol. The maximum absolute atomic E-state index is 13.4. The zero-order valence-electron chi connectivity index (χ0n) is 14.4. The van der Waals surface area contributed by atoms with Crippen LogP contribution in [0.15, 0.2) is 36.4 Å². The average Bonchev–Trinajstić information content (AvgIpc) is 2.57. The fourth-order valence-corrected chi connectivity index (χ4v) is 2.00. The first kappa shape index (κ1) is 18.4. The van der Waals surface area contributed by atoms with Crippen LogP contribution in [0.25, 0.3) is 0 Å². The summed E-state index contributed by atoms with van der Waals surface area (Å²) < 4.78 is 23.6. The molecule has 0 aliphatic carbocycles. The second-order valence-electron chi connectivity index (χ2n) is 5.71. The molecular formula is C19H20FNO4. The molecule has 0 spiro atoms. The van der Waals surface area contributed by atoms with Crippen molar-refractivity contribution in [3.05, 3.63) is 58.9 Å². The number of amides is 1. The van der Waals surface area contributed by atoms with Crippen molar-refractivity contribution in [2.45, 2.75) is 20.8 Å². The first-order chi connectivity index (χ1) is 11.8. The normalized spacial score (nSPS) is 10.2. The lowest BCUT2D eigenvalue weighted by Gasteiger charge is -2.09. The maximum Gasteiger partial charge on any atom is 0.344 e. The van der Waals surface area contributed by atoms with Gasteiger partial charge in [-0.25, -0.2) is 9.18 Å². The Kier molecular flexibility index (Phi) is 6.11. The van der Waals surface area contributed by atoms with Gasteiger partial charge >= 0.3 is 5.97 Å². The van der Waals surface area contributed by atoms with Crippen LogP contribution in [-0.2, 0) is 14.3 Å². The molecule has 0 radical (unpaired) electrons. The third-order valence-electron chi connectivity index (χ3n) is 3.65. The Hall–Kier alpha value is -2.89. The van der Waals surface area contributed by atoms with Gasteiger partial charge in [-0.1, -0.05) is 12.1 Å². The molecule has 0 aromatic heterocycles. The molecule has 132 valence electrons. The molecule has 5 nitrogen and oxygen atoms in total. The number of carbonyl (C=O) groups excluding carboxylic acids is 2. The van der Waals surface area contributed by atoms with Crippen molar-refractivity contribution >= 4 is 17.6 Å². The Labute approximate surface area is 145 Å². The Balaban J connectivity index is 1.76. The molecule has 2 aromatic carbocycles. The van der Waals surface area contributed by atoms with Gasteiger partial charge in [0.2, 0.25) is 0 Å². The molecule has 0 saturated carbocycles. The largest absolute Gasteiger partial charge is 0.482 e. The first-order valence-corrected chi connectivity index (χ1v) is 7.77. The average molecular weight is 345 g/mol. The molecule has 0 atom stereocenters. The summed E-state index contributed by atoms with van der Waals surface area (Å²) >= 11 is 0. The second-order valence-corrected chi connectivity index (χ2v) is 5.71. The first-order valence-electron chi connectivity index (χ1n) is 7.77. The van der Waals surface area contributed by atoms with Crippen molar-refractivity contribution in [2.24, 2.45) is 0 Å². The van der Waals surface area contributed by atoms with Crippen molar-refractivity contribution in [3.8, 4) is 5.75 Å². The molecule has 25 heavy (non-hydrogen) atoms. The number of hydrogen-bond acceptors (Lipinski definition) is 4. The van der Waals surface area contributed by atoms with Crippen LogP contribution in [0.5, 0.6) is 5.75 Å². The van der Waals surface area contributed by atoms with Crippen LogP contribution >= 0.6 is 0 Å². The van der Waals surface area contributed by atoms with Gasteiger partial charge in [0, 0.05) is 5.69 Å². The highest BCUT2D eigenvalue weighted by atomic mass is 19.1. The standard InChI is InChI=1S/C19H20FNO4/c1-12-5-7-16(8-14(12)3)24-11-19(23)25-10-18(22)21-15-6-4-13(2)17(20)9-15/h4-9H,10-11H2,1-3H3,(H,21,22). The van der Waals surface area contributed by atoms with Crippen molar-refractivity contribution in [2.75, 3.05) is 18.5 Å². The van der Waals surface area contributed by atoms with Crippen molar-refractivity contribution in [1.82, 2.24) is 0 Å². The SMILES string of the molecule is Cc1ccc(OCC(=O)OCC(=O)Nc2ccc(C)c(F)c2)cc1C. The molecule has 0 aliphatic rings. The Morgan fingerprint density at radius 1 is 0.960 bits per heavy atom. The highest BCUT2D eigenvalue weighted by Gasteiger charge is 2.10. The number of esters is 1. The zero-order chi connectivity index (χ0) is 18.4. The van der Waals surface area contributed by atoms with Crippen LogP contribution in [0.3, 0.4) is 0 Å². The van der Waals surface area contributed by atoms with E-state index in [0.717, 1.165) is 11.1 Å². The van der Waals surface area contributed by atoms with Gasteiger partial charge in [-0.2, -0.15) is 0 Å². The molecule has 2 aromatic rings. The molecule has 0 bridgehead atoms. The summed E-state index contributed by atoms with van der Waals surface area (Å²) in [4.78, 5) is 23.4. The third-order valence-corrected chi connectivity index (χ3v) is 3.65. The third kappa shape index (κ3) is 5.60. The van der Waals surface area contributed by atoms with Crippen molar-refractivity contribution in [3.63, 3.8) is 0 Å². The van der Waals surface area contributed by atoms with Crippen molar-refractivity contribution < 1.29 is 23.5 Å². The summed E-state index contributed by atoms with van der Waals surface area (Å²) in [7, 11) is 0. The van der Waals surface area contributed by atoms with Crippen LogP contribution in [0.2, 0.25) is 0 Å². The minimum atomic E-state index is -0.663. The van der Waals surface area contributed by atoms with E-state index < -0.39 is 24.3 Å². The number of nitrogens with one attached hydrogen (secondary N) is 1. The second kappa shape index (κ2) is 8.28. The van der Waals surface area contributed by atoms with E-state index in [-0.39, 0.29) is 6.61 Å². The number of rotatable bonds is 6. The Morgan fingerprint density at radius 2 is 1.68 bits per heavy atom. The highest BCUT2D eigenvalue weighted by Crippen LogP contribution is 2.16. The van der Waals surface area contributed by atoms with Crippen LogP contribution < -0.4 is 10.1 Å². The molecule has 1 N–H and O–H groups in total. The van der Waals surface area contributed by atoms with E-state index >= 15 is 0 Å². The molecule has 0 saturated heterocycles. The lowest BCUT2D eigenvalue weighted by molar-refractivity contribution is -0.149. The zero-order valence-corrected chi connectivity index (χ0v) is 14.4. The van der Waals surface area contributed by atoms with E-state index in [1.54, 1.807) is 25.1 Å². The van der Waals surface area contributed by atoms with Gasteiger partial charge in [0.15, 0.2) is 13.2 Å². The molecule has 6 heteroatoms. The number of ether oxygens (including phenoxy) is 2. The lowest BCUT2D eigenvalue weighted by Crippen LogP contribution is -2.23. The molecular weight excluding hydrogens is 325 g/mol. The van der Waals surface area contributed by atoms with Gasteiger partial charge < -0.3 is 14.8 Å². The van der Waals surface area contributed by atoms with E-state index in [1.165, 1.54) is 6.07 Å². The number of halogens is 1. The van der Waals surface area contributed by atoms with Crippen LogP contribution in [0.4, 0.5) is 10.1 Å². The summed E-state index contributed by atoms with van der Waals surface area (Å²) in [5.74, 6) is -1.08. The predicted octanol–water partition coefficient (Wildman–Crippen LogP) is 3.31. The van der Waals surface area contributed by atoms with Gasteiger partial charge in [-0.15, -0.1) is 0 Å². The molecule has 1 amide bonds. The summed E-state index contributed by atoms with van der Waals surface area (Å²) in [5, 5.41) is 2.46. The summed E-state index contributed by atoms with van der Waals surface area (Å²) in [6, 6.07) is 9.80. The fourth-order valence-electron chi connectivity index (χ4n) is 2.00. The fraction of sp³-hybridized carbons (Fsp3) is 0.263. The van der Waals surface area contributed by atoms with Gasteiger partial charge in [0.25, 0.3) is 5.91 Å². The van der Waals surface area contributed by atoms with Gasteiger partial charge in [0.05, 0.1) is 0 Å². The Bertz CT molecular complexity index is 789. The molecule has 2 rings (SSSR count). The van der Waals surface area contributed by atoms with E-state index in [1.807, 2.05) is 26.0 Å². The minimum Gasteiger partial charge on any atom is -0.482 e. The lowest BCUT2D eigenvalue weighted by atomic mass is 10.1. The van der Waals surface area contributed by atoms with Gasteiger partial charge in [-0.05, 0) is 61.7 Å². The molecule has 0 aliphatic heterocycles. The number of anilines is 1. The van der Waals surface area contributed by atoms with Crippen LogP contribution in [-0.4, -0.2) is 25.1 Å². The van der Waals surface area contributed by atoms with Crippen LogP contribution in [0, 0.1) is 26.6 Å². The van der Waals surface area contributed by atoms with E-state index in [2.05, 4.69) is 5.32 Å². The van der Waals surface area contributed by atoms with Gasteiger partial charge in [-0.3, -0.25) is 4.79 Å². The number of carbonyl (C=O) groups is 2. The number of hydrogen-bond donors (Lipinski definition) is 1. The maximum atomic E-state index is 13.4. The summed E-state index contributed by atoms with van der Waals surface area (Å²) in [6.07, 6.45) is 0. The molecule has 0 heterocycles. The smallest absolute Gasteiger partial charge is 0.344 e. The van der Waals surface area contributed by atoms with E-state index in [4.69, 9.17) is 9.47 Å². The Morgan fingerprint density at radius 3 is 2.36 bits per heavy atom. The van der Waals surface area contributed by atoms with E-state index in [9.17, 15) is 14.0 Å². The number of benzene rings is 2. The predicted molar refractivity (Wildman–Crippen MR) is 92.1 cm³/mol. The summed E-state index contributed by atoms with van der Waals surface area (Å²) in [6.45, 7) is 4.78.